The van der Waals surface area contributed by atoms with Gasteiger partial charge in [0, 0.05) is 27.8 Å². The van der Waals surface area contributed by atoms with Gasteiger partial charge in [0.15, 0.2) is 6.20 Å². The zero-order chi connectivity index (χ0) is 23.2. The lowest BCUT2D eigenvalue weighted by Crippen LogP contribution is -2.31. The van der Waals surface area contributed by atoms with E-state index in [1.165, 1.54) is 86.7 Å². The lowest BCUT2D eigenvalue weighted by molar-refractivity contribution is -0.660. The van der Waals surface area contributed by atoms with Gasteiger partial charge in [0.25, 0.3) is 0 Å². The molecule has 0 amide bonds. The number of aryl methyl sites for hydroxylation is 4. The SMILES string of the molecule is Cc1cc(-c2c(C)ccc3c2oc2ccc4c(c23)-c2ccccc2C42CCCC2)[n+](C)cc1C. The molecule has 1 fully saturated rings. The molecule has 2 aliphatic rings. The van der Waals surface area contributed by atoms with Gasteiger partial charge in [0.05, 0.1) is 5.56 Å². The number of nitrogens with zero attached hydrogens (tertiary/aromatic N) is 1. The van der Waals surface area contributed by atoms with Crippen LogP contribution in [0.25, 0.3) is 44.3 Å². The van der Waals surface area contributed by atoms with E-state index in [1.807, 2.05) is 0 Å². The van der Waals surface area contributed by atoms with Gasteiger partial charge in [0.1, 0.15) is 18.2 Å². The topological polar surface area (TPSA) is 17.0 Å². The number of aromatic nitrogens is 1. The molecule has 2 heterocycles. The van der Waals surface area contributed by atoms with Crippen molar-refractivity contribution in [3.05, 3.63) is 88.6 Å². The van der Waals surface area contributed by atoms with Gasteiger partial charge in [-0.3, -0.25) is 0 Å². The first kappa shape index (κ1) is 20.0. The van der Waals surface area contributed by atoms with E-state index in [-0.39, 0.29) is 5.41 Å². The van der Waals surface area contributed by atoms with Crippen LogP contribution < -0.4 is 4.57 Å². The summed E-state index contributed by atoms with van der Waals surface area (Å²) in [7, 11) is 2.14. The first-order valence-corrected chi connectivity index (χ1v) is 12.6. The predicted molar refractivity (Wildman–Crippen MR) is 139 cm³/mol. The molecule has 1 saturated carbocycles. The van der Waals surface area contributed by atoms with E-state index in [0.717, 1.165) is 11.2 Å². The van der Waals surface area contributed by atoms with Crippen molar-refractivity contribution in [3.8, 4) is 22.4 Å². The number of rotatable bonds is 1. The Labute approximate surface area is 200 Å². The number of benzene rings is 3. The minimum absolute atomic E-state index is 0.178. The highest BCUT2D eigenvalue weighted by Gasteiger charge is 2.45. The molecule has 34 heavy (non-hydrogen) atoms. The lowest BCUT2D eigenvalue weighted by Gasteiger charge is -2.26. The minimum atomic E-state index is 0.178. The van der Waals surface area contributed by atoms with Crippen LogP contribution in [0.15, 0.2) is 65.2 Å². The third-order valence-electron chi connectivity index (χ3n) is 8.70. The quantitative estimate of drug-likeness (QED) is 0.241. The Bertz CT molecular complexity index is 1650. The van der Waals surface area contributed by atoms with Crippen LogP contribution in [0.1, 0.15) is 53.5 Å². The maximum absolute atomic E-state index is 6.72. The fraction of sp³-hybridized carbons (Fsp3) is 0.281. The molecular weight excluding hydrogens is 414 g/mol. The van der Waals surface area contributed by atoms with Crippen molar-refractivity contribution in [2.75, 3.05) is 0 Å². The minimum Gasteiger partial charge on any atom is -0.455 e. The van der Waals surface area contributed by atoms with E-state index in [9.17, 15) is 0 Å². The fourth-order valence-corrected chi connectivity index (χ4v) is 6.94. The van der Waals surface area contributed by atoms with Gasteiger partial charge in [-0.1, -0.05) is 55.3 Å². The molecule has 0 N–H and O–H groups in total. The second-order valence-electron chi connectivity index (χ2n) is 10.6. The molecular formula is C32H30NO+. The highest BCUT2D eigenvalue weighted by molar-refractivity contribution is 6.17. The molecule has 7 rings (SSSR count). The van der Waals surface area contributed by atoms with Crippen LogP contribution in [0.4, 0.5) is 0 Å². The summed E-state index contributed by atoms with van der Waals surface area (Å²) in [6.45, 7) is 6.57. The monoisotopic (exact) mass is 444 g/mol. The smallest absolute Gasteiger partial charge is 0.216 e. The van der Waals surface area contributed by atoms with Crippen molar-refractivity contribution < 1.29 is 8.98 Å². The standard InChI is InChI=1S/C32H30NO/c1-19-11-12-23-30-27(34-31(23)28(19)26-17-20(2)21(3)18-33(26)4)14-13-25-29(30)22-9-5-6-10-24(22)32(25)15-7-8-16-32/h5-6,9-14,17-18H,7-8,15-16H2,1-4H3/q+1. The molecule has 5 aromatic rings. The Balaban J connectivity index is 1.61. The summed E-state index contributed by atoms with van der Waals surface area (Å²) in [6.07, 6.45) is 7.35. The second-order valence-corrected chi connectivity index (χ2v) is 10.6. The summed E-state index contributed by atoms with van der Waals surface area (Å²) in [6, 6.07) is 20.6. The molecule has 2 aromatic heterocycles. The zero-order valence-corrected chi connectivity index (χ0v) is 20.5. The maximum atomic E-state index is 6.72. The third kappa shape index (κ3) is 2.44. The van der Waals surface area contributed by atoms with Crippen molar-refractivity contribution in [2.24, 2.45) is 7.05 Å². The van der Waals surface area contributed by atoms with Gasteiger partial charge in [-0.25, -0.2) is 4.57 Å². The molecule has 0 atom stereocenters. The van der Waals surface area contributed by atoms with Crippen LogP contribution >= 0.6 is 0 Å². The number of furan rings is 1. The molecule has 2 nitrogen and oxygen atoms in total. The summed E-state index contributed by atoms with van der Waals surface area (Å²) >= 11 is 0. The average Bonchev–Trinajstić information content (AvgIpc) is 3.53. The van der Waals surface area contributed by atoms with Crippen LogP contribution in [0.3, 0.4) is 0 Å². The zero-order valence-electron chi connectivity index (χ0n) is 20.5. The number of pyridine rings is 1. The van der Waals surface area contributed by atoms with Gasteiger partial charge in [-0.15, -0.1) is 0 Å². The van der Waals surface area contributed by atoms with Crippen LogP contribution in [-0.4, -0.2) is 0 Å². The predicted octanol–water partition coefficient (Wildman–Crippen LogP) is 7.84. The Morgan fingerprint density at radius 2 is 1.59 bits per heavy atom. The Hall–Kier alpha value is -3.39. The first-order chi connectivity index (χ1) is 16.5. The Morgan fingerprint density at radius 3 is 2.41 bits per heavy atom. The molecule has 3 aromatic carbocycles. The number of hydrogen-bond donors (Lipinski definition) is 0. The molecule has 2 heteroatoms. The van der Waals surface area contributed by atoms with Crippen LogP contribution in [0, 0.1) is 20.8 Å². The molecule has 168 valence electrons. The summed E-state index contributed by atoms with van der Waals surface area (Å²) < 4.78 is 8.96. The maximum Gasteiger partial charge on any atom is 0.216 e. The Morgan fingerprint density at radius 1 is 0.794 bits per heavy atom. The van der Waals surface area contributed by atoms with Crippen molar-refractivity contribution in [3.63, 3.8) is 0 Å². The largest absolute Gasteiger partial charge is 0.455 e. The first-order valence-electron chi connectivity index (χ1n) is 12.6. The van der Waals surface area contributed by atoms with Gasteiger partial charge >= 0.3 is 0 Å². The van der Waals surface area contributed by atoms with Crippen molar-refractivity contribution >= 4 is 21.9 Å². The summed E-state index contributed by atoms with van der Waals surface area (Å²) in [5.41, 5.74) is 14.3. The van der Waals surface area contributed by atoms with Gasteiger partial charge in [-0.05, 0) is 73.1 Å². The van der Waals surface area contributed by atoms with Crippen molar-refractivity contribution in [1.29, 1.82) is 0 Å². The van der Waals surface area contributed by atoms with Gasteiger partial charge in [0.2, 0.25) is 5.69 Å². The summed E-state index contributed by atoms with van der Waals surface area (Å²) in [5, 5.41) is 2.52. The third-order valence-corrected chi connectivity index (χ3v) is 8.70. The molecule has 0 saturated heterocycles. The fourth-order valence-electron chi connectivity index (χ4n) is 6.94. The average molecular weight is 445 g/mol. The van der Waals surface area contributed by atoms with Gasteiger partial charge in [-0.2, -0.15) is 0 Å². The van der Waals surface area contributed by atoms with Gasteiger partial charge < -0.3 is 4.42 Å². The summed E-state index contributed by atoms with van der Waals surface area (Å²) in [4.78, 5) is 0. The van der Waals surface area contributed by atoms with E-state index in [0.29, 0.717) is 0 Å². The lowest BCUT2D eigenvalue weighted by atomic mass is 9.76. The van der Waals surface area contributed by atoms with E-state index < -0.39 is 0 Å². The highest BCUT2D eigenvalue weighted by Crippen LogP contribution is 2.59. The van der Waals surface area contributed by atoms with E-state index in [1.54, 1.807) is 0 Å². The van der Waals surface area contributed by atoms with Crippen LogP contribution in [0.2, 0.25) is 0 Å². The molecule has 0 bridgehead atoms. The normalized spacial score (nSPS) is 16.0. The number of hydrogen-bond acceptors (Lipinski definition) is 1. The number of fused-ring (bicyclic) bond motifs is 9. The molecule has 2 aliphatic carbocycles. The summed E-state index contributed by atoms with van der Waals surface area (Å²) in [5.74, 6) is 0. The van der Waals surface area contributed by atoms with Crippen molar-refractivity contribution in [1.82, 2.24) is 0 Å². The molecule has 0 radical (unpaired) electrons. The van der Waals surface area contributed by atoms with E-state index in [2.05, 4.69) is 93.2 Å². The van der Waals surface area contributed by atoms with Crippen LogP contribution in [-0.2, 0) is 12.5 Å². The molecule has 0 unspecified atom stereocenters. The van der Waals surface area contributed by atoms with Crippen LogP contribution in [0.5, 0.6) is 0 Å². The van der Waals surface area contributed by atoms with E-state index >= 15 is 0 Å². The van der Waals surface area contributed by atoms with Crippen molar-refractivity contribution in [2.45, 2.75) is 51.9 Å². The second kappa shape index (κ2) is 6.82. The van der Waals surface area contributed by atoms with E-state index in [4.69, 9.17) is 4.42 Å². The molecule has 1 spiro atoms. The highest BCUT2D eigenvalue weighted by atomic mass is 16.3. The molecule has 0 aliphatic heterocycles. The Kier molecular flexibility index (Phi) is 4.02.